The number of hydrazine groups is 1. The van der Waals surface area contributed by atoms with Crippen molar-refractivity contribution in [1.29, 1.82) is 0 Å². The molecule has 0 atom stereocenters. The molecule has 0 spiro atoms. The van der Waals surface area contributed by atoms with Crippen LogP contribution in [0.1, 0.15) is 0 Å². The van der Waals surface area contributed by atoms with Gasteiger partial charge in [0.1, 0.15) is 0 Å². The second kappa shape index (κ2) is 3.77. The van der Waals surface area contributed by atoms with Crippen molar-refractivity contribution in [2.45, 2.75) is 5.79 Å². The first-order valence-corrected chi connectivity index (χ1v) is 4.69. The summed E-state index contributed by atoms with van der Waals surface area (Å²) in [4.78, 5) is 21.3. The minimum atomic E-state index is -2.44. The molecule has 1 fully saturated rings. The van der Waals surface area contributed by atoms with E-state index in [1.807, 2.05) is 0 Å². The van der Waals surface area contributed by atoms with Gasteiger partial charge in [0.2, 0.25) is 0 Å². The maximum Gasteiger partial charge on any atom is 0.302 e. The van der Waals surface area contributed by atoms with E-state index in [0.29, 0.717) is 5.69 Å². The number of anilines is 1. The van der Waals surface area contributed by atoms with Crippen LogP contribution in [-0.2, 0) is 4.79 Å². The molecule has 8 heteroatoms. The van der Waals surface area contributed by atoms with Crippen molar-refractivity contribution in [2.75, 3.05) is 11.6 Å². The molecule has 0 aliphatic carbocycles. The lowest BCUT2D eigenvalue weighted by atomic mass is 10.2. The normalized spacial score (nSPS) is 18.5. The molecule has 1 aromatic rings. The first-order valence-electron chi connectivity index (χ1n) is 4.69. The van der Waals surface area contributed by atoms with E-state index in [1.165, 1.54) is 24.3 Å². The Bertz CT molecular complexity index is 470. The molecule has 1 aromatic carbocycles. The molecule has 1 aliphatic heterocycles. The summed E-state index contributed by atoms with van der Waals surface area (Å²) in [5.41, 5.74) is 2.66. The molecule has 0 bridgehead atoms. The molecule has 1 amide bonds. The lowest BCUT2D eigenvalue weighted by Crippen LogP contribution is -2.41. The zero-order valence-corrected chi connectivity index (χ0v) is 8.53. The highest BCUT2D eigenvalue weighted by atomic mass is 16.6. The molecular formula is C9H9N3O5. The molecule has 3 N–H and O–H groups in total. The SMILES string of the molecule is O=C1N(c2ccc([N+](=O)[O-])cc2)NCC1(O)O. The number of nitro benzene ring substituents is 1. The number of amides is 1. The highest BCUT2D eigenvalue weighted by Crippen LogP contribution is 2.22. The van der Waals surface area contributed by atoms with Crippen molar-refractivity contribution in [3.05, 3.63) is 34.4 Å². The van der Waals surface area contributed by atoms with Crippen LogP contribution < -0.4 is 10.4 Å². The van der Waals surface area contributed by atoms with Crippen LogP contribution in [0.15, 0.2) is 24.3 Å². The molecule has 0 unspecified atom stereocenters. The van der Waals surface area contributed by atoms with E-state index in [9.17, 15) is 25.1 Å². The quantitative estimate of drug-likeness (QED) is 0.351. The fraction of sp³-hybridized carbons (Fsp3) is 0.222. The molecular weight excluding hydrogens is 230 g/mol. The zero-order valence-electron chi connectivity index (χ0n) is 8.53. The number of rotatable bonds is 2. The summed E-state index contributed by atoms with van der Waals surface area (Å²) in [7, 11) is 0. The fourth-order valence-electron chi connectivity index (χ4n) is 1.45. The van der Waals surface area contributed by atoms with Gasteiger partial charge in [0.25, 0.3) is 11.5 Å². The Hall–Kier alpha value is -2.03. The van der Waals surface area contributed by atoms with Crippen molar-refractivity contribution in [3.63, 3.8) is 0 Å². The average Bonchev–Trinajstić information content (AvgIpc) is 2.55. The van der Waals surface area contributed by atoms with Crippen LogP contribution in [0.25, 0.3) is 0 Å². The van der Waals surface area contributed by atoms with Crippen LogP contribution in [0.3, 0.4) is 0 Å². The number of nitrogens with one attached hydrogen (secondary N) is 1. The first-order chi connectivity index (χ1) is 7.92. The Balaban J connectivity index is 2.25. The van der Waals surface area contributed by atoms with Crippen molar-refractivity contribution in [3.8, 4) is 0 Å². The summed E-state index contributed by atoms with van der Waals surface area (Å²) in [6.45, 7) is -0.331. The van der Waals surface area contributed by atoms with Gasteiger partial charge in [-0.15, -0.1) is 0 Å². The van der Waals surface area contributed by atoms with Gasteiger partial charge in [-0.2, -0.15) is 0 Å². The summed E-state index contributed by atoms with van der Waals surface area (Å²) >= 11 is 0. The Labute approximate surface area is 95.2 Å². The summed E-state index contributed by atoms with van der Waals surface area (Å²) in [6.07, 6.45) is 0. The van der Waals surface area contributed by atoms with Crippen LogP contribution in [-0.4, -0.2) is 33.4 Å². The first kappa shape index (κ1) is 11.5. The number of nitrogens with zero attached hydrogens (tertiary/aromatic N) is 2. The highest BCUT2D eigenvalue weighted by Gasteiger charge is 2.44. The number of nitro groups is 1. The molecule has 8 nitrogen and oxygen atoms in total. The molecule has 1 heterocycles. The molecule has 2 rings (SSSR count). The van der Waals surface area contributed by atoms with Crippen molar-refractivity contribution in [1.82, 2.24) is 5.43 Å². The van der Waals surface area contributed by atoms with Crippen LogP contribution >= 0.6 is 0 Å². The van der Waals surface area contributed by atoms with Crippen LogP contribution in [0.5, 0.6) is 0 Å². The van der Waals surface area contributed by atoms with Gasteiger partial charge in [0, 0.05) is 12.1 Å². The molecule has 90 valence electrons. The largest absolute Gasteiger partial charge is 0.357 e. The second-order valence-electron chi connectivity index (χ2n) is 3.57. The number of hydrogen-bond acceptors (Lipinski definition) is 6. The minimum Gasteiger partial charge on any atom is -0.357 e. The van der Waals surface area contributed by atoms with Gasteiger partial charge >= 0.3 is 5.91 Å². The molecule has 17 heavy (non-hydrogen) atoms. The van der Waals surface area contributed by atoms with Gasteiger partial charge in [-0.05, 0) is 12.1 Å². The second-order valence-corrected chi connectivity index (χ2v) is 3.57. The molecule has 0 aromatic heterocycles. The lowest BCUT2D eigenvalue weighted by Gasteiger charge is -2.16. The number of hydrogen-bond donors (Lipinski definition) is 3. The Morgan fingerprint density at radius 1 is 1.35 bits per heavy atom. The lowest BCUT2D eigenvalue weighted by molar-refractivity contribution is -0.384. The number of benzene rings is 1. The maximum absolute atomic E-state index is 11.5. The van der Waals surface area contributed by atoms with E-state index >= 15 is 0 Å². The predicted octanol–water partition coefficient (Wildman–Crippen LogP) is -0.873. The van der Waals surface area contributed by atoms with Crippen molar-refractivity contribution < 1.29 is 19.9 Å². The van der Waals surface area contributed by atoms with Gasteiger partial charge in [-0.3, -0.25) is 14.9 Å². The Morgan fingerprint density at radius 3 is 2.35 bits per heavy atom. The van der Waals surface area contributed by atoms with Gasteiger partial charge < -0.3 is 10.2 Å². The minimum absolute atomic E-state index is 0.111. The summed E-state index contributed by atoms with van der Waals surface area (Å²) in [5.74, 6) is -3.37. The van der Waals surface area contributed by atoms with E-state index in [0.717, 1.165) is 5.01 Å². The molecule has 0 radical (unpaired) electrons. The molecule has 1 aliphatic rings. The third kappa shape index (κ3) is 1.96. The van der Waals surface area contributed by atoms with Crippen LogP contribution in [0.2, 0.25) is 0 Å². The summed E-state index contributed by atoms with van der Waals surface area (Å²) in [5, 5.41) is 29.8. The van der Waals surface area contributed by atoms with Crippen LogP contribution in [0, 0.1) is 10.1 Å². The zero-order chi connectivity index (χ0) is 12.6. The van der Waals surface area contributed by atoms with E-state index in [2.05, 4.69) is 5.43 Å². The third-order valence-electron chi connectivity index (χ3n) is 2.35. The Morgan fingerprint density at radius 2 is 1.94 bits per heavy atom. The third-order valence-corrected chi connectivity index (χ3v) is 2.35. The summed E-state index contributed by atoms with van der Waals surface area (Å²) in [6, 6.07) is 5.12. The predicted molar refractivity (Wildman–Crippen MR) is 55.8 cm³/mol. The standard InChI is InChI=1S/C9H9N3O5/c13-8-9(14,15)5-10-11(8)6-1-3-7(4-2-6)12(16)17/h1-4,10,14-15H,5H2. The van der Waals surface area contributed by atoms with Gasteiger partial charge in [0.05, 0.1) is 17.2 Å². The van der Waals surface area contributed by atoms with E-state index in [1.54, 1.807) is 0 Å². The Kier molecular flexibility index (Phi) is 2.54. The van der Waals surface area contributed by atoms with Gasteiger partial charge in [-0.1, -0.05) is 0 Å². The smallest absolute Gasteiger partial charge is 0.302 e. The number of carbonyl (C=O) groups is 1. The summed E-state index contributed by atoms with van der Waals surface area (Å²) < 4.78 is 0. The number of aliphatic hydroxyl groups is 2. The highest BCUT2D eigenvalue weighted by molar-refractivity contribution is 5.99. The van der Waals surface area contributed by atoms with E-state index in [-0.39, 0.29) is 12.2 Å². The maximum atomic E-state index is 11.5. The number of β-amino-alcohol motifs (C(OH)–C–C–N with tert-alkyl or cyclic N) is 2. The number of carbonyl (C=O) groups excluding carboxylic acids is 1. The van der Waals surface area contributed by atoms with Crippen molar-refractivity contribution in [2.24, 2.45) is 0 Å². The topological polar surface area (TPSA) is 116 Å². The van der Waals surface area contributed by atoms with E-state index in [4.69, 9.17) is 0 Å². The monoisotopic (exact) mass is 239 g/mol. The number of non-ortho nitro benzene ring substituents is 1. The van der Waals surface area contributed by atoms with Gasteiger partial charge in [0.15, 0.2) is 0 Å². The fourth-order valence-corrected chi connectivity index (χ4v) is 1.45. The molecule has 0 saturated carbocycles. The van der Waals surface area contributed by atoms with Crippen LogP contribution in [0.4, 0.5) is 11.4 Å². The van der Waals surface area contributed by atoms with E-state index < -0.39 is 16.6 Å². The van der Waals surface area contributed by atoms with Gasteiger partial charge in [-0.25, -0.2) is 10.4 Å². The average molecular weight is 239 g/mol. The van der Waals surface area contributed by atoms with Crippen molar-refractivity contribution >= 4 is 17.3 Å². The molecule has 1 saturated heterocycles.